The summed E-state index contributed by atoms with van der Waals surface area (Å²) < 4.78 is 0. The molecule has 0 aliphatic rings. The third kappa shape index (κ3) is 1.73. The zero-order chi connectivity index (χ0) is 6.53. The van der Waals surface area contributed by atoms with Gasteiger partial charge in [-0.3, -0.25) is 0 Å². The van der Waals surface area contributed by atoms with E-state index in [9.17, 15) is 0 Å². The Morgan fingerprint density at radius 2 is 2.44 bits per heavy atom. The van der Waals surface area contributed by atoms with Crippen LogP contribution in [0.1, 0.15) is 5.69 Å². The van der Waals surface area contributed by atoms with E-state index in [0.717, 1.165) is 12.1 Å². The van der Waals surface area contributed by atoms with Crippen molar-refractivity contribution in [2.45, 2.75) is 6.42 Å². The summed E-state index contributed by atoms with van der Waals surface area (Å²) in [6, 6.07) is 1.81. The topological polar surface area (TPSA) is 64.7 Å². The summed E-state index contributed by atoms with van der Waals surface area (Å²) in [5, 5.41) is 10.7. The van der Waals surface area contributed by atoms with Gasteiger partial charge in [0.25, 0.3) is 0 Å². The number of nitrogens with zero attached hydrogens (tertiary/aromatic N) is 3. The summed E-state index contributed by atoms with van der Waals surface area (Å²) in [4.78, 5) is 0. The van der Waals surface area contributed by atoms with E-state index in [4.69, 9.17) is 5.73 Å². The lowest BCUT2D eigenvalue weighted by atomic mass is 10.3. The normalized spacial score (nSPS) is 9.44. The first-order valence-electron chi connectivity index (χ1n) is 2.77. The lowest BCUT2D eigenvalue weighted by Crippen LogP contribution is -2.05. The zero-order valence-corrected chi connectivity index (χ0v) is 4.99. The van der Waals surface area contributed by atoms with Gasteiger partial charge in [0.05, 0.1) is 11.9 Å². The van der Waals surface area contributed by atoms with Gasteiger partial charge in [-0.2, -0.15) is 0 Å². The van der Waals surface area contributed by atoms with Gasteiger partial charge in [0, 0.05) is 6.42 Å². The third-order valence-corrected chi connectivity index (χ3v) is 0.959. The first-order valence-corrected chi connectivity index (χ1v) is 2.77. The Hall–Kier alpha value is -1.03. The maximum Gasteiger partial charge on any atom is 0.0677 e. The maximum absolute atomic E-state index is 5.27. The molecule has 0 atom stereocenters. The molecule has 0 unspecified atom stereocenters. The number of hydrogen-bond donors (Lipinski definition) is 1. The molecule has 1 aromatic heterocycles. The van der Waals surface area contributed by atoms with Crippen molar-refractivity contribution in [1.82, 2.24) is 15.4 Å². The predicted octanol–water partition coefficient (Wildman–Crippen LogP) is -0.627. The summed E-state index contributed by atoms with van der Waals surface area (Å²) in [5.41, 5.74) is 6.17. The minimum atomic E-state index is 0.610. The van der Waals surface area contributed by atoms with E-state index in [1.807, 2.05) is 0 Å². The average molecular weight is 124 g/mol. The largest absolute Gasteiger partial charge is 0.330 e. The molecule has 9 heavy (non-hydrogen) atoms. The van der Waals surface area contributed by atoms with Crippen LogP contribution in [0.25, 0.3) is 0 Å². The quantitative estimate of drug-likeness (QED) is 0.570. The highest BCUT2D eigenvalue weighted by atomic mass is 15.3. The van der Waals surface area contributed by atoms with E-state index in [0.29, 0.717) is 6.54 Å². The molecule has 0 bridgehead atoms. The first-order chi connectivity index (χ1) is 4.43. The molecule has 0 spiro atoms. The summed E-state index contributed by atoms with van der Waals surface area (Å²) in [6.45, 7) is 0.610. The van der Waals surface area contributed by atoms with Crippen LogP contribution >= 0.6 is 0 Å². The molecular formula is C5H8N4. The number of rotatable bonds is 2. The molecule has 1 rings (SSSR count). The van der Waals surface area contributed by atoms with E-state index in [1.165, 1.54) is 0 Å². The fraction of sp³-hybridized carbons (Fsp3) is 0.400. The lowest BCUT2D eigenvalue weighted by Gasteiger charge is -1.90. The Labute approximate surface area is 53.1 Å². The molecule has 1 aromatic rings. The van der Waals surface area contributed by atoms with Crippen LogP contribution in [0.4, 0.5) is 0 Å². The van der Waals surface area contributed by atoms with Crippen LogP contribution in [0.15, 0.2) is 12.3 Å². The number of nitrogens with two attached hydrogens (primary N) is 1. The monoisotopic (exact) mass is 124 g/mol. The molecule has 0 amide bonds. The molecule has 0 aliphatic carbocycles. The molecule has 0 fully saturated rings. The Kier molecular flexibility index (Phi) is 2.09. The van der Waals surface area contributed by atoms with Crippen molar-refractivity contribution in [2.24, 2.45) is 5.73 Å². The van der Waals surface area contributed by atoms with Crippen molar-refractivity contribution < 1.29 is 0 Å². The Balaban J connectivity index is 2.61. The van der Waals surface area contributed by atoms with Gasteiger partial charge < -0.3 is 5.73 Å². The van der Waals surface area contributed by atoms with Gasteiger partial charge in [0.2, 0.25) is 0 Å². The van der Waals surface area contributed by atoms with Crippen LogP contribution in [0.5, 0.6) is 0 Å². The first kappa shape index (κ1) is 6.10. The average Bonchev–Trinajstić information content (AvgIpc) is 1.91. The standard InChI is InChI=1S/C5H8N4/c6-3-1-5-2-4-7-9-8-5/h2,4H,1,3,6H2. The van der Waals surface area contributed by atoms with Gasteiger partial charge in [-0.05, 0) is 17.8 Å². The van der Waals surface area contributed by atoms with Crippen LogP contribution in [-0.2, 0) is 6.42 Å². The van der Waals surface area contributed by atoms with Crippen LogP contribution in [0.2, 0.25) is 0 Å². The fourth-order valence-corrected chi connectivity index (χ4v) is 0.547. The predicted molar refractivity (Wildman–Crippen MR) is 32.6 cm³/mol. The summed E-state index contributed by atoms with van der Waals surface area (Å²) >= 11 is 0. The van der Waals surface area contributed by atoms with Crippen LogP contribution in [-0.4, -0.2) is 22.0 Å². The highest BCUT2D eigenvalue weighted by molar-refractivity contribution is 4.95. The van der Waals surface area contributed by atoms with Gasteiger partial charge in [0.15, 0.2) is 0 Å². The van der Waals surface area contributed by atoms with E-state index >= 15 is 0 Å². The SMILES string of the molecule is NCCc1ccnnn1. The second kappa shape index (κ2) is 3.09. The second-order valence-corrected chi connectivity index (χ2v) is 1.65. The van der Waals surface area contributed by atoms with E-state index in [2.05, 4.69) is 15.4 Å². The second-order valence-electron chi connectivity index (χ2n) is 1.65. The smallest absolute Gasteiger partial charge is 0.0677 e. The zero-order valence-electron chi connectivity index (χ0n) is 4.99. The highest BCUT2D eigenvalue weighted by Crippen LogP contribution is 1.86. The van der Waals surface area contributed by atoms with Crippen LogP contribution in [0.3, 0.4) is 0 Å². The summed E-state index contributed by atoms with van der Waals surface area (Å²) in [6.07, 6.45) is 2.38. The molecule has 4 heteroatoms. The fourth-order valence-electron chi connectivity index (χ4n) is 0.547. The van der Waals surface area contributed by atoms with Crippen LogP contribution < -0.4 is 5.73 Å². The number of aromatic nitrogens is 3. The molecule has 0 aliphatic heterocycles. The number of hydrogen-bond acceptors (Lipinski definition) is 4. The highest BCUT2D eigenvalue weighted by Gasteiger charge is 1.88. The van der Waals surface area contributed by atoms with Crippen molar-refractivity contribution in [3.05, 3.63) is 18.0 Å². The molecular weight excluding hydrogens is 116 g/mol. The van der Waals surface area contributed by atoms with Crippen molar-refractivity contribution >= 4 is 0 Å². The van der Waals surface area contributed by atoms with Crippen molar-refractivity contribution in [1.29, 1.82) is 0 Å². The molecule has 0 aromatic carbocycles. The molecule has 4 nitrogen and oxygen atoms in total. The third-order valence-electron chi connectivity index (χ3n) is 0.959. The Morgan fingerprint density at radius 1 is 1.56 bits per heavy atom. The minimum Gasteiger partial charge on any atom is -0.330 e. The van der Waals surface area contributed by atoms with Gasteiger partial charge in [0.1, 0.15) is 0 Å². The van der Waals surface area contributed by atoms with Gasteiger partial charge in [-0.25, -0.2) is 0 Å². The van der Waals surface area contributed by atoms with Gasteiger partial charge >= 0.3 is 0 Å². The van der Waals surface area contributed by atoms with E-state index < -0.39 is 0 Å². The Bertz CT molecular complexity index is 162. The van der Waals surface area contributed by atoms with Crippen molar-refractivity contribution in [2.75, 3.05) is 6.54 Å². The van der Waals surface area contributed by atoms with E-state index in [1.54, 1.807) is 12.3 Å². The van der Waals surface area contributed by atoms with Gasteiger partial charge in [-0.15, -0.1) is 10.2 Å². The maximum atomic E-state index is 5.27. The molecule has 48 valence electrons. The molecule has 1 heterocycles. The molecule has 0 saturated heterocycles. The van der Waals surface area contributed by atoms with Crippen molar-refractivity contribution in [3.8, 4) is 0 Å². The minimum absolute atomic E-state index is 0.610. The van der Waals surface area contributed by atoms with Crippen molar-refractivity contribution in [3.63, 3.8) is 0 Å². The summed E-state index contributed by atoms with van der Waals surface area (Å²) in [7, 11) is 0. The molecule has 0 saturated carbocycles. The lowest BCUT2D eigenvalue weighted by molar-refractivity contribution is 0.793. The summed E-state index contributed by atoms with van der Waals surface area (Å²) in [5.74, 6) is 0. The van der Waals surface area contributed by atoms with Crippen LogP contribution in [0, 0.1) is 0 Å². The van der Waals surface area contributed by atoms with Gasteiger partial charge in [-0.1, -0.05) is 0 Å². The molecule has 2 N–H and O–H groups in total. The van der Waals surface area contributed by atoms with E-state index in [-0.39, 0.29) is 0 Å². The Morgan fingerprint density at radius 3 is 3.00 bits per heavy atom. The molecule has 0 radical (unpaired) electrons.